The Hall–Kier alpha value is -2.69. The molecule has 0 heterocycles. The second-order valence-electron chi connectivity index (χ2n) is 5.95. The molecule has 0 unspecified atom stereocenters. The Kier molecular flexibility index (Phi) is 6.28. The van der Waals surface area contributed by atoms with E-state index in [9.17, 15) is 4.79 Å². The number of carbonyl (C=O) groups excluding carboxylic acids is 1. The van der Waals surface area contributed by atoms with Gasteiger partial charge in [0.25, 0.3) is 0 Å². The summed E-state index contributed by atoms with van der Waals surface area (Å²) < 4.78 is 16.0. The van der Waals surface area contributed by atoms with Gasteiger partial charge in [0.15, 0.2) is 11.5 Å². The number of nitrogens with zero attached hydrogens (tertiary/aromatic N) is 1. The van der Waals surface area contributed by atoms with Crippen molar-refractivity contribution in [3.05, 3.63) is 53.1 Å². The molecule has 0 fully saturated rings. The van der Waals surface area contributed by atoms with Gasteiger partial charge in [-0.3, -0.25) is 4.79 Å². The molecular weight excluding hydrogens is 318 g/mol. The van der Waals surface area contributed by atoms with Gasteiger partial charge >= 0.3 is 0 Å². The maximum Gasteiger partial charge on any atom is 0.227 e. The van der Waals surface area contributed by atoms with Gasteiger partial charge < -0.3 is 19.1 Å². The van der Waals surface area contributed by atoms with Gasteiger partial charge in [0, 0.05) is 13.6 Å². The number of ether oxygens (including phenoxy) is 3. The molecule has 25 heavy (non-hydrogen) atoms. The zero-order valence-corrected chi connectivity index (χ0v) is 15.5. The molecule has 2 rings (SSSR count). The van der Waals surface area contributed by atoms with Crippen molar-refractivity contribution in [2.24, 2.45) is 0 Å². The number of benzene rings is 2. The normalized spacial score (nSPS) is 10.3. The van der Waals surface area contributed by atoms with Crippen LogP contribution in [0.3, 0.4) is 0 Å². The van der Waals surface area contributed by atoms with Crippen LogP contribution in [-0.4, -0.2) is 39.2 Å². The molecular formula is C20H25NO4. The Morgan fingerprint density at radius 3 is 2.12 bits per heavy atom. The number of carbonyl (C=O) groups is 1. The second-order valence-corrected chi connectivity index (χ2v) is 5.95. The van der Waals surface area contributed by atoms with Crippen molar-refractivity contribution in [3.8, 4) is 17.2 Å². The van der Waals surface area contributed by atoms with E-state index in [-0.39, 0.29) is 5.91 Å². The van der Waals surface area contributed by atoms with Crippen LogP contribution in [0.4, 0.5) is 0 Å². The van der Waals surface area contributed by atoms with Crippen molar-refractivity contribution in [1.82, 2.24) is 4.90 Å². The van der Waals surface area contributed by atoms with Crippen molar-refractivity contribution in [3.63, 3.8) is 0 Å². The maximum atomic E-state index is 12.5. The minimum atomic E-state index is 0.0550. The van der Waals surface area contributed by atoms with E-state index in [1.807, 2.05) is 43.3 Å². The Morgan fingerprint density at radius 1 is 0.960 bits per heavy atom. The fourth-order valence-electron chi connectivity index (χ4n) is 2.72. The summed E-state index contributed by atoms with van der Waals surface area (Å²) in [5, 5.41) is 0. The van der Waals surface area contributed by atoms with Crippen LogP contribution in [0.15, 0.2) is 36.4 Å². The predicted octanol–water partition coefficient (Wildman–Crippen LogP) is 3.22. The largest absolute Gasteiger partial charge is 0.493 e. The molecule has 0 aromatic heterocycles. The Morgan fingerprint density at radius 2 is 1.60 bits per heavy atom. The second kappa shape index (κ2) is 8.42. The monoisotopic (exact) mass is 343 g/mol. The van der Waals surface area contributed by atoms with Gasteiger partial charge in [0.05, 0.1) is 27.8 Å². The van der Waals surface area contributed by atoms with Crippen LogP contribution < -0.4 is 14.2 Å². The van der Waals surface area contributed by atoms with Crippen LogP contribution >= 0.6 is 0 Å². The molecule has 5 heteroatoms. The van der Waals surface area contributed by atoms with Crippen LogP contribution in [0.5, 0.6) is 17.2 Å². The number of likely N-dealkylation sites (N-methyl/N-ethyl adjacent to an activating group) is 1. The molecule has 134 valence electrons. The third-order valence-electron chi connectivity index (χ3n) is 4.01. The van der Waals surface area contributed by atoms with Crippen molar-refractivity contribution in [2.75, 3.05) is 28.4 Å². The fourth-order valence-corrected chi connectivity index (χ4v) is 2.72. The molecule has 5 nitrogen and oxygen atoms in total. The summed E-state index contributed by atoms with van der Waals surface area (Å²) in [5.74, 6) is 1.76. The molecule has 2 aromatic rings. The SMILES string of the molecule is COc1cc(CN(C)C(=O)Cc2cccc(C)c2)cc(OC)c1OC. The molecule has 1 amide bonds. The van der Waals surface area contributed by atoms with Gasteiger partial charge in [0.1, 0.15) is 0 Å². The first kappa shape index (κ1) is 18.6. The summed E-state index contributed by atoms with van der Waals surface area (Å²) in [6.45, 7) is 2.48. The van der Waals surface area contributed by atoms with Gasteiger partial charge in [-0.15, -0.1) is 0 Å². The lowest BCUT2D eigenvalue weighted by molar-refractivity contribution is -0.129. The summed E-state index contributed by atoms with van der Waals surface area (Å²) in [5.41, 5.74) is 3.08. The number of hydrogen-bond donors (Lipinski definition) is 0. The molecule has 0 spiro atoms. The minimum absolute atomic E-state index is 0.0550. The summed E-state index contributed by atoms with van der Waals surface area (Å²) in [6.07, 6.45) is 0.378. The average Bonchev–Trinajstić information content (AvgIpc) is 2.60. The maximum absolute atomic E-state index is 12.5. The molecule has 0 aliphatic carbocycles. The first-order valence-corrected chi connectivity index (χ1v) is 8.07. The smallest absolute Gasteiger partial charge is 0.227 e. The summed E-state index contributed by atoms with van der Waals surface area (Å²) >= 11 is 0. The zero-order valence-electron chi connectivity index (χ0n) is 15.5. The third kappa shape index (κ3) is 4.66. The lowest BCUT2D eigenvalue weighted by atomic mass is 10.1. The highest BCUT2D eigenvalue weighted by molar-refractivity contribution is 5.78. The fraction of sp³-hybridized carbons (Fsp3) is 0.350. The number of aryl methyl sites for hydroxylation is 1. The zero-order chi connectivity index (χ0) is 18.4. The first-order valence-electron chi connectivity index (χ1n) is 8.07. The van der Waals surface area contributed by atoms with Crippen LogP contribution in [0.1, 0.15) is 16.7 Å². The van der Waals surface area contributed by atoms with E-state index in [1.54, 1.807) is 33.3 Å². The summed E-state index contributed by atoms with van der Waals surface area (Å²) in [4.78, 5) is 14.2. The van der Waals surface area contributed by atoms with E-state index < -0.39 is 0 Å². The third-order valence-corrected chi connectivity index (χ3v) is 4.01. The average molecular weight is 343 g/mol. The highest BCUT2D eigenvalue weighted by Gasteiger charge is 2.16. The molecule has 0 radical (unpaired) electrons. The first-order chi connectivity index (χ1) is 12.0. The molecule has 0 aliphatic rings. The minimum Gasteiger partial charge on any atom is -0.493 e. The standard InChI is InChI=1S/C20H25NO4/c1-14-7-6-8-15(9-14)12-19(22)21(2)13-16-10-17(23-3)20(25-5)18(11-16)24-4/h6-11H,12-13H2,1-5H3. The van der Waals surface area contributed by atoms with E-state index >= 15 is 0 Å². The van der Waals surface area contributed by atoms with Gasteiger partial charge in [0.2, 0.25) is 11.7 Å². The molecule has 0 saturated carbocycles. The number of hydrogen-bond acceptors (Lipinski definition) is 4. The van der Waals surface area contributed by atoms with E-state index in [0.717, 1.165) is 16.7 Å². The van der Waals surface area contributed by atoms with Gasteiger partial charge in [-0.1, -0.05) is 29.8 Å². The van der Waals surface area contributed by atoms with Gasteiger partial charge in [-0.25, -0.2) is 0 Å². The molecule has 0 saturated heterocycles. The highest BCUT2D eigenvalue weighted by atomic mass is 16.5. The van der Waals surface area contributed by atoms with E-state index in [1.165, 1.54) is 0 Å². The molecule has 0 N–H and O–H groups in total. The van der Waals surface area contributed by atoms with Crippen LogP contribution in [0.25, 0.3) is 0 Å². The van der Waals surface area contributed by atoms with Gasteiger partial charge in [-0.05, 0) is 30.2 Å². The molecule has 0 aliphatic heterocycles. The van der Waals surface area contributed by atoms with Crippen LogP contribution in [0.2, 0.25) is 0 Å². The lowest BCUT2D eigenvalue weighted by Gasteiger charge is -2.20. The van der Waals surface area contributed by atoms with E-state index in [4.69, 9.17) is 14.2 Å². The van der Waals surface area contributed by atoms with Gasteiger partial charge in [-0.2, -0.15) is 0 Å². The Balaban J connectivity index is 2.13. The number of rotatable bonds is 7. The Bertz CT molecular complexity index is 717. The summed E-state index contributed by atoms with van der Waals surface area (Å²) in [6, 6.07) is 11.7. The molecule has 0 atom stereocenters. The Labute approximate surface area is 149 Å². The summed E-state index contributed by atoms with van der Waals surface area (Å²) in [7, 11) is 6.51. The lowest BCUT2D eigenvalue weighted by Crippen LogP contribution is -2.27. The van der Waals surface area contributed by atoms with Crippen molar-refractivity contribution < 1.29 is 19.0 Å². The molecule has 2 aromatic carbocycles. The highest BCUT2D eigenvalue weighted by Crippen LogP contribution is 2.38. The molecule has 0 bridgehead atoms. The number of methoxy groups -OCH3 is 3. The van der Waals surface area contributed by atoms with E-state index in [0.29, 0.717) is 30.2 Å². The van der Waals surface area contributed by atoms with Crippen LogP contribution in [0, 0.1) is 6.92 Å². The quantitative estimate of drug-likeness (QED) is 0.774. The topological polar surface area (TPSA) is 48.0 Å². The predicted molar refractivity (Wildman–Crippen MR) is 97.5 cm³/mol. The van der Waals surface area contributed by atoms with Crippen molar-refractivity contribution >= 4 is 5.91 Å². The van der Waals surface area contributed by atoms with Crippen LogP contribution in [-0.2, 0) is 17.8 Å². The number of amides is 1. The van der Waals surface area contributed by atoms with Crippen molar-refractivity contribution in [2.45, 2.75) is 19.9 Å². The van der Waals surface area contributed by atoms with E-state index in [2.05, 4.69) is 0 Å². The van der Waals surface area contributed by atoms with Crippen molar-refractivity contribution in [1.29, 1.82) is 0 Å².